The number of carboxylic acids is 1. The molecule has 0 radical (unpaired) electrons. The molecule has 0 amide bonds. The lowest BCUT2D eigenvalue weighted by molar-refractivity contribution is -0.669. The number of carbonyl (C=O) groups is 1. The quantitative estimate of drug-likeness (QED) is 0.418. The van der Waals surface area contributed by atoms with E-state index in [9.17, 15) is 10.0 Å². The molecular formula is C5H4N2O3. The maximum atomic E-state index is 10.3. The van der Waals surface area contributed by atoms with Gasteiger partial charge in [-0.3, -0.25) is 0 Å². The van der Waals surface area contributed by atoms with Crippen LogP contribution in [0.4, 0.5) is 0 Å². The summed E-state index contributed by atoms with van der Waals surface area (Å²) in [4.78, 5) is 10.4. The van der Waals surface area contributed by atoms with Gasteiger partial charge in [-0.2, -0.15) is 0 Å². The molecule has 0 atom stereocenters. The van der Waals surface area contributed by atoms with Crippen molar-refractivity contribution in [3.8, 4) is 0 Å². The van der Waals surface area contributed by atoms with Crippen molar-refractivity contribution in [3.63, 3.8) is 0 Å². The summed E-state index contributed by atoms with van der Waals surface area (Å²) in [5, 5.41) is 21.9. The molecule has 0 saturated heterocycles. The van der Waals surface area contributed by atoms with Crippen molar-refractivity contribution < 1.29 is 14.7 Å². The Hall–Kier alpha value is -1.65. The summed E-state index contributed by atoms with van der Waals surface area (Å²) < 4.78 is 0. The molecule has 5 nitrogen and oxygen atoms in total. The molecule has 5 heteroatoms. The van der Waals surface area contributed by atoms with Crippen LogP contribution in [-0.2, 0) is 0 Å². The number of hydrogen-bond donors (Lipinski definition) is 1. The van der Waals surface area contributed by atoms with Crippen molar-refractivity contribution in [1.82, 2.24) is 5.10 Å². The fourth-order valence-electron chi connectivity index (χ4n) is 0.501. The van der Waals surface area contributed by atoms with Crippen molar-refractivity contribution in [1.29, 1.82) is 0 Å². The average molecular weight is 140 g/mol. The lowest BCUT2D eigenvalue weighted by Crippen LogP contribution is -2.31. The highest BCUT2D eigenvalue weighted by molar-refractivity contribution is 5.86. The smallest absolute Gasteiger partial charge is 0.342 e. The lowest BCUT2D eigenvalue weighted by Gasteiger charge is -1.91. The van der Waals surface area contributed by atoms with Crippen LogP contribution in [0.15, 0.2) is 18.5 Å². The molecule has 0 aromatic carbocycles. The minimum absolute atomic E-state index is 0.0648. The third kappa shape index (κ3) is 1.19. The third-order valence-corrected chi connectivity index (χ3v) is 0.931. The van der Waals surface area contributed by atoms with Gasteiger partial charge in [-0.1, -0.05) is 4.85 Å². The molecule has 0 spiro atoms. The van der Waals surface area contributed by atoms with E-state index in [0.717, 1.165) is 12.4 Å². The van der Waals surface area contributed by atoms with E-state index in [1.165, 1.54) is 6.07 Å². The van der Waals surface area contributed by atoms with Crippen LogP contribution in [0.5, 0.6) is 0 Å². The van der Waals surface area contributed by atoms with Crippen LogP contribution in [0.25, 0.3) is 0 Å². The minimum atomic E-state index is -1.13. The van der Waals surface area contributed by atoms with Gasteiger partial charge in [0.05, 0.1) is 6.20 Å². The van der Waals surface area contributed by atoms with Crippen LogP contribution in [0, 0.1) is 5.21 Å². The lowest BCUT2D eigenvalue weighted by atomic mass is 10.3. The maximum Gasteiger partial charge on any atom is 0.342 e. The summed E-state index contributed by atoms with van der Waals surface area (Å²) >= 11 is 0. The van der Waals surface area contributed by atoms with Gasteiger partial charge in [-0.25, -0.2) is 4.79 Å². The molecule has 1 heterocycles. The molecule has 0 bridgehead atoms. The molecule has 0 aliphatic heterocycles. The van der Waals surface area contributed by atoms with Crippen molar-refractivity contribution >= 4 is 5.97 Å². The van der Waals surface area contributed by atoms with E-state index < -0.39 is 5.97 Å². The molecule has 0 aliphatic carbocycles. The van der Waals surface area contributed by atoms with Crippen LogP contribution < -0.4 is 4.85 Å². The van der Waals surface area contributed by atoms with Gasteiger partial charge in [0.25, 0.3) is 0 Å². The fraction of sp³-hybridized carbons (Fsp3) is 0. The Morgan fingerprint density at radius 1 is 1.80 bits per heavy atom. The predicted molar refractivity (Wildman–Crippen MR) is 30.2 cm³/mol. The molecule has 1 aromatic rings. The Labute approximate surface area is 56.1 Å². The SMILES string of the molecule is O=C(O)c1ccn[n+]([O-])c1. The number of nitrogens with zero attached hydrogens (tertiary/aromatic N) is 2. The second-order valence-electron chi connectivity index (χ2n) is 1.62. The molecule has 52 valence electrons. The molecule has 0 unspecified atom stereocenters. The van der Waals surface area contributed by atoms with Crippen molar-refractivity contribution in [3.05, 3.63) is 29.2 Å². The van der Waals surface area contributed by atoms with E-state index in [1.54, 1.807) is 0 Å². The Morgan fingerprint density at radius 2 is 2.50 bits per heavy atom. The molecule has 1 aromatic heterocycles. The van der Waals surface area contributed by atoms with Gasteiger partial charge in [-0.05, 0) is 6.07 Å². The zero-order valence-corrected chi connectivity index (χ0v) is 4.89. The zero-order chi connectivity index (χ0) is 7.56. The molecule has 0 saturated carbocycles. The number of carboxylic acid groups (broad SMARTS) is 1. The Bertz CT molecular complexity index is 261. The van der Waals surface area contributed by atoms with E-state index in [0.29, 0.717) is 0 Å². The van der Waals surface area contributed by atoms with E-state index in [-0.39, 0.29) is 10.4 Å². The Morgan fingerprint density at radius 3 is 2.90 bits per heavy atom. The van der Waals surface area contributed by atoms with Gasteiger partial charge in [0, 0.05) is 5.10 Å². The Kier molecular flexibility index (Phi) is 1.49. The number of rotatable bonds is 1. The topological polar surface area (TPSA) is 77.1 Å². The first-order valence-corrected chi connectivity index (χ1v) is 2.49. The first kappa shape index (κ1) is 6.47. The van der Waals surface area contributed by atoms with E-state index in [1.807, 2.05) is 0 Å². The molecule has 1 rings (SSSR count). The van der Waals surface area contributed by atoms with Crippen molar-refractivity contribution in [2.75, 3.05) is 0 Å². The summed E-state index contributed by atoms with van der Waals surface area (Å²) in [5.74, 6) is -1.13. The standard InChI is InChI=1S/C5H4N2O3/c8-5(9)4-1-2-6-7(10)3-4/h1-3H,(H,8,9). The molecule has 0 aliphatic rings. The Balaban J connectivity index is 3.07. The van der Waals surface area contributed by atoms with Crippen LogP contribution >= 0.6 is 0 Å². The van der Waals surface area contributed by atoms with Gasteiger partial charge in [-0.15, -0.1) is 0 Å². The van der Waals surface area contributed by atoms with E-state index in [4.69, 9.17) is 5.11 Å². The van der Waals surface area contributed by atoms with E-state index >= 15 is 0 Å². The summed E-state index contributed by atoms with van der Waals surface area (Å²) in [6.07, 6.45) is 2.03. The van der Waals surface area contributed by atoms with Crippen LogP contribution in [0.3, 0.4) is 0 Å². The van der Waals surface area contributed by atoms with Crippen LogP contribution in [0.2, 0.25) is 0 Å². The summed E-state index contributed by atoms with van der Waals surface area (Å²) in [6.45, 7) is 0. The minimum Gasteiger partial charge on any atom is -0.594 e. The molecule has 10 heavy (non-hydrogen) atoms. The second kappa shape index (κ2) is 2.30. The highest BCUT2D eigenvalue weighted by atomic mass is 16.5. The first-order valence-electron chi connectivity index (χ1n) is 2.49. The van der Waals surface area contributed by atoms with Gasteiger partial charge < -0.3 is 10.3 Å². The maximum absolute atomic E-state index is 10.3. The van der Waals surface area contributed by atoms with E-state index in [2.05, 4.69) is 5.10 Å². The van der Waals surface area contributed by atoms with Gasteiger partial charge >= 0.3 is 5.97 Å². The molecule has 0 fully saturated rings. The van der Waals surface area contributed by atoms with Gasteiger partial charge in [0.2, 0.25) is 6.20 Å². The zero-order valence-electron chi connectivity index (χ0n) is 4.89. The first-order chi connectivity index (χ1) is 4.70. The third-order valence-electron chi connectivity index (χ3n) is 0.931. The number of aromatic carboxylic acids is 1. The number of aromatic nitrogens is 2. The summed E-state index contributed by atoms with van der Waals surface area (Å²) in [7, 11) is 0. The van der Waals surface area contributed by atoms with Crippen molar-refractivity contribution in [2.45, 2.75) is 0 Å². The normalized spacial score (nSPS) is 9.20. The molecular weight excluding hydrogens is 136 g/mol. The molecule has 1 N–H and O–H groups in total. The number of hydrogen-bond acceptors (Lipinski definition) is 3. The largest absolute Gasteiger partial charge is 0.594 e. The fourth-order valence-corrected chi connectivity index (χ4v) is 0.501. The summed E-state index contributed by atoms with van der Waals surface area (Å²) in [5.41, 5.74) is -0.0648. The summed E-state index contributed by atoms with van der Waals surface area (Å²) in [6, 6.07) is 1.25. The van der Waals surface area contributed by atoms with Gasteiger partial charge in [0.1, 0.15) is 5.56 Å². The van der Waals surface area contributed by atoms with Crippen LogP contribution in [0.1, 0.15) is 10.4 Å². The van der Waals surface area contributed by atoms with Gasteiger partial charge in [0.15, 0.2) is 0 Å². The highest BCUT2D eigenvalue weighted by Gasteiger charge is 2.04. The second-order valence-corrected chi connectivity index (χ2v) is 1.62. The van der Waals surface area contributed by atoms with Crippen LogP contribution in [-0.4, -0.2) is 16.2 Å². The highest BCUT2D eigenvalue weighted by Crippen LogP contribution is 1.90. The van der Waals surface area contributed by atoms with Crippen molar-refractivity contribution in [2.24, 2.45) is 0 Å². The predicted octanol–water partition coefficient (Wildman–Crippen LogP) is -0.587. The monoisotopic (exact) mass is 140 g/mol. The average Bonchev–Trinajstić information content (AvgIpc) is 1.88.